The third-order valence-electron chi connectivity index (χ3n) is 6.05. The smallest absolute Gasteiger partial charge is 0.308 e. The summed E-state index contributed by atoms with van der Waals surface area (Å²) in [4.78, 5) is 39.9. The van der Waals surface area contributed by atoms with Crippen LogP contribution in [0.1, 0.15) is 37.9 Å². The van der Waals surface area contributed by atoms with Crippen LogP contribution in [0, 0.1) is 0 Å². The van der Waals surface area contributed by atoms with Gasteiger partial charge in [-0.25, -0.2) is 0 Å². The molecule has 9 heteroatoms. The second-order valence-electron chi connectivity index (χ2n) is 8.56. The van der Waals surface area contributed by atoms with Crippen LogP contribution in [0.15, 0.2) is 72.3 Å². The molecule has 202 valence electrons. The van der Waals surface area contributed by atoms with E-state index in [1.165, 1.54) is 18.9 Å². The van der Waals surface area contributed by atoms with Crippen LogP contribution in [0.4, 0.5) is 5.69 Å². The van der Waals surface area contributed by atoms with Crippen molar-refractivity contribution in [2.45, 2.75) is 26.8 Å². The summed E-state index contributed by atoms with van der Waals surface area (Å²) in [5.74, 6) is -0.997. The van der Waals surface area contributed by atoms with Crippen LogP contribution >= 0.6 is 0 Å². The number of hydrogen-bond acceptors (Lipinski definition) is 8. The summed E-state index contributed by atoms with van der Waals surface area (Å²) >= 11 is 0. The van der Waals surface area contributed by atoms with Gasteiger partial charge in [-0.15, -0.1) is 0 Å². The first kappa shape index (κ1) is 27.3. The van der Waals surface area contributed by atoms with Gasteiger partial charge in [-0.1, -0.05) is 12.1 Å². The molecule has 1 fully saturated rings. The summed E-state index contributed by atoms with van der Waals surface area (Å²) in [7, 11) is 1.52. The van der Waals surface area contributed by atoms with Crippen LogP contribution in [0.2, 0.25) is 0 Å². The molecule has 1 aliphatic rings. The Labute approximate surface area is 226 Å². The number of aliphatic hydroxyl groups is 1. The second kappa shape index (κ2) is 11.7. The highest BCUT2D eigenvalue weighted by Crippen LogP contribution is 2.44. The highest BCUT2D eigenvalue weighted by Gasteiger charge is 2.47. The number of Topliss-reactive ketones (excluding diaryl/α,β-unsaturated/α-hetero) is 1. The Bertz CT molecular complexity index is 1430. The molecule has 1 atom stereocenters. The van der Waals surface area contributed by atoms with Gasteiger partial charge in [0.1, 0.15) is 28.8 Å². The van der Waals surface area contributed by atoms with E-state index < -0.39 is 29.5 Å². The van der Waals surface area contributed by atoms with Crippen LogP contribution in [-0.2, 0) is 14.4 Å². The molecule has 0 bridgehead atoms. The standard InChI is InChI=1S/C30H29NO8/c1-5-37-22-14-15-24(25(17-22)38-6-2)28(33)26-27(19-8-7-9-23(16-19)39-18(3)32)31(30(35)29(26)34)20-10-12-21(36-4)13-11-20/h7-17,27,33H,5-6H2,1-4H3/b28-26+. The van der Waals surface area contributed by atoms with Crippen LogP contribution in [0.25, 0.3) is 5.76 Å². The molecule has 3 aromatic rings. The molecule has 0 saturated carbocycles. The lowest BCUT2D eigenvalue weighted by atomic mass is 9.94. The van der Waals surface area contributed by atoms with E-state index in [1.807, 2.05) is 6.92 Å². The highest BCUT2D eigenvalue weighted by molar-refractivity contribution is 6.51. The van der Waals surface area contributed by atoms with E-state index in [1.54, 1.807) is 73.7 Å². The van der Waals surface area contributed by atoms with E-state index in [2.05, 4.69) is 0 Å². The molecule has 1 heterocycles. The second-order valence-corrected chi connectivity index (χ2v) is 8.56. The molecular formula is C30H29NO8. The summed E-state index contributed by atoms with van der Waals surface area (Å²) in [6.45, 7) is 5.64. The predicted molar refractivity (Wildman–Crippen MR) is 144 cm³/mol. The molecule has 3 aromatic carbocycles. The van der Waals surface area contributed by atoms with Crippen molar-refractivity contribution < 1.29 is 38.4 Å². The Morgan fingerprint density at radius 2 is 1.59 bits per heavy atom. The number of ketones is 1. The number of carbonyl (C=O) groups excluding carboxylic acids is 3. The zero-order chi connectivity index (χ0) is 28.1. The number of benzene rings is 3. The van der Waals surface area contributed by atoms with Gasteiger partial charge in [-0.05, 0) is 67.9 Å². The molecule has 1 unspecified atom stereocenters. The Balaban J connectivity index is 1.94. The van der Waals surface area contributed by atoms with Crippen molar-refractivity contribution in [1.29, 1.82) is 0 Å². The van der Waals surface area contributed by atoms with E-state index in [0.29, 0.717) is 41.7 Å². The average Bonchev–Trinajstić information content (AvgIpc) is 3.19. The fourth-order valence-electron chi connectivity index (χ4n) is 4.45. The Hall–Kier alpha value is -4.79. The number of amides is 1. The van der Waals surface area contributed by atoms with Gasteiger partial charge >= 0.3 is 5.97 Å². The highest BCUT2D eigenvalue weighted by atomic mass is 16.5. The summed E-state index contributed by atoms with van der Waals surface area (Å²) in [6.07, 6.45) is 0. The number of anilines is 1. The van der Waals surface area contributed by atoms with Gasteiger partial charge in [0.15, 0.2) is 0 Å². The third-order valence-corrected chi connectivity index (χ3v) is 6.05. The Morgan fingerprint density at radius 3 is 2.23 bits per heavy atom. The fraction of sp³-hybridized carbons (Fsp3) is 0.233. The largest absolute Gasteiger partial charge is 0.507 e. The van der Waals surface area contributed by atoms with E-state index in [9.17, 15) is 19.5 Å². The van der Waals surface area contributed by atoms with E-state index in [0.717, 1.165) is 0 Å². The quantitative estimate of drug-likeness (QED) is 0.134. The molecule has 39 heavy (non-hydrogen) atoms. The van der Waals surface area contributed by atoms with Crippen molar-refractivity contribution in [1.82, 2.24) is 0 Å². The molecule has 9 nitrogen and oxygen atoms in total. The van der Waals surface area contributed by atoms with Crippen molar-refractivity contribution in [2.75, 3.05) is 25.2 Å². The normalized spacial score (nSPS) is 16.2. The average molecular weight is 532 g/mol. The number of rotatable bonds is 9. The first-order valence-corrected chi connectivity index (χ1v) is 12.4. The molecule has 4 rings (SSSR count). The molecule has 1 saturated heterocycles. The maximum Gasteiger partial charge on any atom is 0.308 e. The molecule has 1 N–H and O–H groups in total. The molecule has 0 aliphatic carbocycles. The molecule has 0 radical (unpaired) electrons. The van der Waals surface area contributed by atoms with Crippen molar-refractivity contribution in [3.8, 4) is 23.0 Å². The number of nitrogens with zero attached hydrogens (tertiary/aromatic N) is 1. The summed E-state index contributed by atoms with van der Waals surface area (Å²) < 4.78 is 21.8. The lowest BCUT2D eigenvalue weighted by Gasteiger charge is -2.26. The van der Waals surface area contributed by atoms with Gasteiger partial charge in [0.2, 0.25) is 0 Å². The molecular weight excluding hydrogens is 502 g/mol. The Morgan fingerprint density at radius 1 is 0.897 bits per heavy atom. The number of aliphatic hydroxyl groups excluding tert-OH is 1. The number of esters is 1. The van der Waals surface area contributed by atoms with Gasteiger partial charge in [0, 0.05) is 18.7 Å². The fourth-order valence-corrected chi connectivity index (χ4v) is 4.45. The van der Waals surface area contributed by atoms with Gasteiger partial charge < -0.3 is 24.1 Å². The minimum Gasteiger partial charge on any atom is -0.507 e. The number of hydrogen-bond donors (Lipinski definition) is 1. The van der Waals surface area contributed by atoms with Crippen molar-refractivity contribution in [3.63, 3.8) is 0 Å². The van der Waals surface area contributed by atoms with Crippen LogP contribution < -0.4 is 23.8 Å². The molecule has 0 spiro atoms. The van der Waals surface area contributed by atoms with E-state index in [4.69, 9.17) is 18.9 Å². The van der Waals surface area contributed by atoms with Crippen LogP contribution in [-0.4, -0.2) is 43.1 Å². The zero-order valence-electron chi connectivity index (χ0n) is 22.1. The van der Waals surface area contributed by atoms with Gasteiger partial charge in [-0.2, -0.15) is 0 Å². The number of carbonyl (C=O) groups is 3. The summed E-state index contributed by atoms with van der Waals surface area (Å²) in [5, 5.41) is 11.6. The molecule has 0 aromatic heterocycles. The van der Waals surface area contributed by atoms with Crippen molar-refractivity contribution in [2.24, 2.45) is 0 Å². The maximum atomic E-state index is 13.5. The Kier molecular flexibility index (Phi) is 8.19. The minimum absolute atomic E-state index is 0.138. The lowest BCUT2D eigenvalue weighted by molar-refractivity contribution is -0.132. The van der Waals surface area contributed by atoms with Crippen LogP contribution in [0.5, 0.6) is 23.0 Å². The van der Waals surface area contributed by atoms with Gasteiger partial charge in [0.25, 0.3) is 11.7 Å². The summed E-state index contributed by atoms with van der Waals surface area (Å²) in [5.41, 5.74) is 0.959. The number of methoxy groups -OCH3 is 1. The molecule has 1 amide bonds. The van der Waals surface area contributed by atoms with Crippen LogP contribution in [0.3, 0.4) is 0 Å². The van der Waals surface area contributed by atoms with Crippen molar-refractivity contribution in [3.05, 3.63) is 83.4 Å². The SMILES string of the molecule is CCOc1ccc(/C(O)=C2\C(=O)C(=O)N(c3ccc(OC)cc3)C2c2cccc(OC(C)=O)c2)c(OCC)c1. The molecule has 1 aliphatic heterocycles. The monoisotopic (exact) mass is 531 g/mol. The van der Waals surface area contributed by atoms with Gasteiger partial charge in [-0.3, -0.25) is 19.3 Å². The zero-order valence-corrected chi connectivity index (χ0v) is 22.1. The predicted octanol–water partition coefficient (Wildman–Crippen LogP) is 5.04. The van der Waals surface area contributed by atoms with Crippen molar-refractivity contribution >= 4 is 29.1 Å². The summed E-state index contributed by atoms with van der Waals surface area (Å²) in [6, 6.07) is 16.9. The van der Waals surface area contributed by atoms with Gasteiger partial charge in [0.05, 0.1) is 37.5 Å². The maximum absolute atomic E-state index is 13.5. The van der Waals surface area contributed by atoms with E-state index >= 15 is 0 Å². The topological polar surface area (TPSA) is 112 Å². The lowest BCUT2D eigenvalue weighted by Crippen LogP contribution is -2.29. The third kappa shape index (κ3) is 5.57. The first-order valence-electron chi connectivity index (χ1n) is 12.4. The number of ether oxygens (including phenoxy) is 4. The minimum atomic E-state index is -1.03. The first-order chi connectivity index (χ1) is 18.8. The van der Waals surface area contributed by atoms with E-state index in [-0.39, 0.29) is 16.9 Å².